The van der Waals surface area contributed by atoms with Gasteiger partial charge in [-0.05, 0) is 40.5 Å². The molecule has 0 atom stereocenters. The van der Waals surface area contributed by atoms with Crippen LogP contribution < -0.4 is 0 Å². The Hall–Kier alpha value is -1.36. The maximum atomic E-state index is 13.3. The molecule has 0 fully saturated rings. The molecular weight excluding hydrogens is 265 g/mol. The number of hydrogen-bond donors (Lipinski definition) is 1. The van der Waals surface area contributed by atoms with Crippen molar-refractivity contribution in [2.24, 2.45) is 0 Å². The van der Waals surface area contributed by atoms with E-state index in [-0.39, 0.29) is 5.82 Å². The van der Waals surface area contributed by atoms with E-state index in [4.69, 9.17) is 5.11 Å². The van der Waals surface area contributed by atoms with Crippen LogP contribution in [-0.2, 0) is 0 Å². The quantitative estimate of drug-likeness (QED) is 0.798. The van der Waals surface area contributed by atoms with Crippen molar-refractivity contribution in [2.75, 3.05) is 0 Å². The molecule has 5 heteroatoms. The van der Waals surface area contributed by atoms with Gasteiger partial charge in [-0.1, -0.05) is 0 Å². The highest BCUT2D eigenvalue weighted by Crippen LogP contribution is 2.29. The molecule has 78 valence electrons. The molecule has 0 amide bonds. The molecule has 1 N–H and O–H groups in total. The molecule has 0 unspecified atom stereocenters. The molecular formula is C10H7BrFNO2. The van der Waals surface area contributed by atoms with Gasteiger partial charge in [-0.15, -0.1) is 0 Å². The van der Waals surface area contributed by atoms with E-state index in [0.717, 1.165) is 4.57 Å². The highest BCUT2D eigenvalue weighted by Gasteiger charge is 2.14. The van der Waals surface area contributed by atoms with Gasteiger partial charge in [0.1, 0.15) is 5.82 Å². The summed E-state index contributed by atoms with van der Waals surface area (Å²) in [6, 6.07) is 2.89. The predicted octanol–water partition coefficient (Wildman–Crippen LogP) is 3.38. The topological polar surface area (TPSA) is 42.2 Å². The fraction of sp³-hybridized carbons (Fsp3) is 0.100. The van der Waals surface area contributed by atoms with Crippen molar-refractivity contribution >= 4 is 32.9 Å². The second kappa shape index (κ2) is 3.34. The number of aryl methyl sites for hydroxylation is 1. The lowest BCUT2D eigenvalue weighted by molar-refractivity contribution is 0.197. The van der Waals surface area contributed by atoms with Crippen LogP contribution in [-0.4, -0.2) is 15.8 Å². The minimum Gasteiger partial charge on any atom is -0.464 e. The lowest BCUT2D eigenvalue weighted by atomic mass is 10.1. The molecule has 0 bridgehead atoms. The van der Waals surface area contributed by atoms with E-state index in [1.165, 1.54) is 12.3 Å². The Labute approximate surface area is 93.3 Å². The van der Waals surface area contributed by atoms with Gasteiger partial charge in [0.15, 0.2) is 0 Å². The first-order valence-electron chi connectivity index (χ1n) is 4.21. The molecule has 1 aromatic carbocycles. The van der Waals surface area contributed by atoms with Gasteiger partial charge in [-0.25, -0.2) is 9.18 Å². The summed E-state index contributed by atoms with van der Waals surface area (Å²) in [5.74, 6) is -0.386. The third-order valence-electron chi connectivity index (χ3n) is 2.30. The summed E-state index contributed by atoms with van der Waals surface area (Å²) in [5.41, 5.74) is 1.09. The second-order valence-electron chi connectivity index (χ2n) is 3.20. The Bertz CT molecular complexity index is 562. The molecule has 0 radical (unpaired) electrons. The lowest BCUT2D eigenvalue weighted by Crippen LogP contribution is -2.06. The van der Waals surface area contributed by atoms with Gasteiger partial charge in [0, 0.05) is 11.6 Å². The summed E-state index contributed by atoms with van der Waals surface area (Å²) in [7, 11) is 0. The Morgan fingerprint density at radius 1 is 1.60 bits per heavy atom. The molecule has 0 saturated carbocycles. The second-order valence-corrected chi connectivity index (χ2v) is 4.00. The monoisotopic (exact) mass is 271 g/mol. The Morgan fingerprint density at radius 2 is 2.27 bits per heavy atom. The van der Waals surface area contributed by atoms with Crippen molar-refractivity contribution in [1.29, 1.82) is 0 Å². The summed E-state index contributed by atoms with van der Waals surface area (Å²) in [6.45, 7) is 1.68. The Morgan fingerprint density at radius 3 is 2.87 bits per heavy atom. The summed E-state index contributed by atoms with van der Waals surface area (Å²) >= 11 is 3.09. The number of nitrogens with zero attached hydrogens (tertiary/aromatic N) is 1. The van der Waals surface area contributed by atoms with E-state index < -0.39 is 6.09 Å². The Kier molecular flexibility index (Phi) is 2.26. The van der Waals surface area contributed by atoms with Gasteiger partial charge in [0.05, 0.1) is 9.99 Å². The van der Waals surface area contributed by atoms with Gasteiger partial charge < -0.3 is 5.11 Å². The molecule has 0 spiro atoms. The first-order valence-corrected chi connectivity index (χ1v) is 5.00. The van der Waals surface area contributed by atoms with Crippen LogP contribution in [0.25, 0.3) is 10.9 Å². The standard InChI is InChI=1S/C10H7BrFNO2/c1-5-8(11)7(12)4-6-2-3-13(9(5)6)10(14)15/h2-4H,1H3,(H,14,15). The van der Waals surface area contributed by atoms with E-state index in [9.17, 15) is 9.18 Å². The summed E-state index contributed by atoms with van der Waals surface area (Å²) in [6.07, 6.45) is 0.331. The molecule has 0 aliphatic carbocycles. The minimum absolute atomic E-state index is 0.302. The zero-order valence-electron chi connectivity index (χ0n) is 7.79. The van der Waals surface area contributed by atoms with Crippen LogP contribution in [0.2, 0.25) is 0 Å². The Balaban J connectivity index is 2.91. The van der Waals surface area contributed by atoms with Crippen molar-refractivity contribution in [2.45, 2.75) is 6.92 Å². The van der Waals surface area contributed by atoms with Crippen molar-refractivity contribution < 1.29 is 14.3 Å². The number of carboxylic acid groups (broad SMARTS) is 1. The SMILES string of the molecule is Cc1c(Br)c(F)cc2ccn(C(=O)O)c12. The van der Waals surface area contributed by atoms with E-state index >= 15 is 0 Å². The highest BCUT2D eigenvalue weighted by atomic mass is 79.9. The average Bonchev–Trinajstić information content (AvgIpc) is 2.58. The number of aromatic nitrogens is 1. The van der Waals surface area contributed by atoms with Crippen molar-refractivity contribution in [3.8, 4) is 0 Å². The maximum absolute atomic E-state index is 13.3. The molecule has 3 nitrogen and oxygen atoms in total. The molecule has 15 heavy (non-hydrogen) atoms. The van der Waals surface area contributed by atoms with Gasteiger partial charge >= 0.3 is 6.09 Å². The van der Waals surface area contributed by atoms with E-state index in [1.807, 2.05) is 0 Å². The highest BCUT2D eigenvalue weighted by molar-refractivity contribution is 9.10. The van der Waals surface area contributed by atoms with Gasteiger partial charge in [0.2, 0.25) is 0 Å². The van der Waals surface area contributed by atoms with Gasteiger partial charge in [0.25, 0.3) is 0 Å². The zero-order chi connectivity index (χ0) is 11.2. The third-order valence-corrected chi connectivity index (χ3v) is 3.27. The molecule has 1 aromatic heterocycles. The summed E-state index contributed by atoms with van der Waals surface area (Å²) < 4.78 is 14.7. The largest absolute Gasteiger partial charge is 0.464 e. The first kappa shape index (κ1) is 10.2. The van der Waals surface area contributed by atoms with Crippen LogP contribution in [0.1, 0.15) is 5.56 Å². The molecule has 0 saturated heterocycles. The number of hydrogen-bond acceptors (Lipinski definition) is 1. The number of rotatable bonds is 0. The molecule has 0 aliphatic heterocycles. The molecule has 1 heterocycles. The molecule has 0 aliphatic rings. The zero-order valence-corrected chi connectivity index (χ0v) is 9.38. The summed E-state index contributed by atoms with van der Waals surface area (Å²) in [5, 5.41) is 9.49. The van der Waals surface area contributed by atoms with Gasteiger partial charge in [-0.2, -0.15) is 0 Å². The van der Waals surface area contributed by atoms with Crippen molar-refractivity contribution in [3.63, 3.8) is 0 Å². The van der Waals surface area contributed by atoms with Crippen LogP contribution in [0, 0.1) is 12.7 Å². The third kappa shape index (κ3) is 1.43. The first-order chi connectivity index (χ1) is 7.02. The van der Waals surface area contributed by atoms with Gasteiger partial charge in [-0.3, -0.25) is 4.57 Å². The van der Waals surface area contributed by atoms with E-state index in [1.54, 1.807) is 13.0 Å². The van der Waals surface area contributed by atoms with Crippen LogP contribution in [0.5, 0.6) is 0 Å². The van der Waals surface area contributed by atoms with E-state index in [2.05, 4.69) is 15.9 Å². The molecule has 2 rings (SSSR count). The minimum atomic E-state index is -1.08. The molecule has 2 aromatic rings. The number of fused-ring (bicyclic) bond motifs is 1. The van der Waals surface area contributed by atoms with Crippen molar-refractivity contribution in [3.05, 3.63) is 34.2 Å². The summed E-state index contributed by atoms with van der Waals surface area (Å²) in [4.78, 5) is 10.9. The normalized spacial score (nSPS) is 10.9. The van der Waals surface area contributed by atoms with Crippen LogP contribution >= 0.6 is 15.9 Å². The fourth-order valence-corrected chi connectivity index (χ4v) is 1.91. The predicted molar refractivity (Wildman–Crippen MR) is 57.8 cm³/mol. The maximum Gasteiger partial charge on any atom is 0.416 e. The van der Waals surface area contributed by atoms with Crippen LogP contribution in [0.4, 0.5) is 9.18 Å². The number of halogens is 2. The fourth-order valence-electron chi connectivity index (χ4n) is 1.60. The van der Waals surface area contributed by atoms with E-state index in [0.29, 0.717) is 20.9 Å². The average molecular weight is 272 g/mol. The van der Waals surface area contributed by atoms with Crippen molar-refractivity contribution in [1.82, 2.24) is 4.57 Å². The smallest absolute Gasteiger partial charge is 0.416 e. The van der Waals surface area contributed by atoms with Crippen LogP contribution in [0.3, 0.4) is 0 Å². The number of benzene rings is 1. The van der Waals surface area contributed by atoms with Crippen LogP contribution in [0.15, 0.2) is 22.8 Å². The number of carbonyl (C=O) groups is 1. The lowest BCUT2D eigenvalue weighted by Gasteiger charge is -2.05.